The van der Waals surface area contributed by atoms with E-state index in [0.29, 0.717) is 33.7 Å². The van der Waals surface area contributed by atoms with Crippen molar-refractivity contribution in [3.05, 3.63) is 45.6 Å². The van der Waals surface area contributed by atoms with Crippen LogP contribution in [0.1, 0.15) is 35.9 Å². The Hall–Kier alpha value is -2.05. The maximum atomic E-state index is 12.7. The number of nitrogens with one attached hydrogen (secondary N) is 1. The molecular weight excluding hydrogens is 365 g/mol. The Morgan fingerprint density at radius 3 is 2.60 bits per heavy atom. The topological polar surface area (TPSA) is 75.4 Å². The van der Waals surface area contributed by atoms with Gasteiger partial charge >= 0.3 is 0 Å². The first-order valence-electron chi connectivity index (χ1n) is 7.88. The lowest BCUT2D eigenvalue weighted by atomic mass is 10.2. The van der Waals surface area contributed by atoms with E-state index in [1.165, 1.54) is 11.0 Å². The predicted octanol–water partition coefficient (Wildman–Crippen LogP) is 4.17. The zero-order valence-corrected chi connectivity index (χ0v) is 15.5. The van der Waals surface area contributed by atoms with E-state index in [1.54, 1.807) is 25.1 Å². The first-order valence-corrected chi connectivity index (χ1v) is 8.63. The third-order valence-corrected chi connectivity index (χ3v) is 4.20. The SMILES string of the molecule is CCCCN(CC(=O)Nc1cc(C)on1)C(=O)c1ccc(Cl)c(Cl)c1. The monoisotopic (exact) mass is 383 g/mol. The van der Waals surface area contributed by atoms with Gasteiger partial charge in [0.2, 0.25) is 5.91 Å². The average Bonchev–Trinajstić information content (AvgIpc) is 2.98. The molecule has 25 heavy (non-hydrogen) atoms. The molecular formula is C17H19Cl2N3O3. The number of amides is 2. The standard InChI is InChI=1S/C17H19Cl2N3O3/c1-3-4-7-22(10-16(23)20-15-8-11(2)25-21-15)17(24)12-5-6-13(18)14(19)9-12/h5-6,8-9H,3-4,7,10H2,1-2H3,(H,20,21,23). The van der Waals surface area contributed by atoms with Crippen LogP contribution in [-0.4, -0.2) is 35.0 Å². The lowest BCUT2D eigenvalue weighted by molar-refractivity contribution is -0.117. The Balaban J connectivity index is 2.09. The highest BCUT2D eigenvalue weighted by molar-refractivity contribution is 6.42. The number of unbranched alkanes of at least 4 members (excludes halogenated alkanes) is 1. The van der Waals surface area contributed by atoms with E-state index < -0.39 is 0 Å². The minimum absolute atomic E-state index is 0.0923. The predicted molar refractivity (Wildman–Crippen MR) is 97.1 cm³/mol. The van der Waals surface area contributed by atoms with E-state index in [-0.39, 0.29) is 18.4 Å². The number of hydrogen-bond donors (Lipinski definition) is 1. The van der Waals surface area contributed by atoms with Gasteiger partial charge in [-0.3, -0.25) is 9.59 Å². The summed E-state index contributed by atoms with van der Waals surface area (Å²) in [5.74, 6) is 0.279. The van der Waals surface area contributed by atoms with Crippen molar-refractivity contribution in [2.24, 2.45) is 0 Å². The van der Waals surface area contributed by atoms with E-state index in [9.17, 15) is 9.59 Å². The quantitative estimate of drug-likeness (QED) is 0.778. The fourth-order valence-electron chi connectivity index (χ4n) is 2.19. The van der Waals surface area contributed by atoms with Crippen molar-refractivity contribution in [2.75, 3.05) is 18.4 Å². The highest BCUT2D eigenvalue weighted by Crippen LogP contribution is 2.23. The number of aromatic nitrogens is 1. The molecule has 2 amide bonds. The molecule has 0 saturated heterocycles. The van der Waals surface area contributed by atoms with Gasteiger partial charge in [0.25, 0.3) is 5.91 Å². The highest BCUT2D eigenvalue weighted by atomic mass is 35.5. The minimum atomic E-state index is -0.349. The van der Waals surface area contributed by atoms with Crippen LogP contribution in [0, 0.1) is 6.92 Å². The van der Waals surface area contributed by atoms with Crippen molar-refractivity contribution in [3.63, 3.8) is 0 Å². The normalized spacial score (nSPS) is 10.6. The third-order valence-electron chi connectivity index (χ3n) is 3.47. The van der Waals surface area contributed by atoms with Gasteiger partial charge < -0.3 is 14.7 Å². The lowest BCUT2D eigenvalue weighted by Crippen LogP contribution is -2.38. The number of carbonyl (C=O) groups is 2. The van der Waals surface area contributed by atoms with Crippen LogP contribution in [0.15, 0.2) is 28.8 Å². The van der Waals surface area contributed by atoms with Gasteiger partial charge in [-0.05, 0) is 31.5 Å². The number of hydrogen-bond acceptors (Lipinski definition) is 4. The number of aryl methyl sites for hydroxylation is 1. The molecule has 1 N–H and O–H groups in total. The van der Waals surface area contributed by atoms with Gasteiger partial charge in [0, 0.05) is 18.2 Å². The molecule has 0 aliphatic rings. The second-order valence-corrected chi connectivity index (χ2v) is 6.39. The number of anilines is 1. The number of carbonyl (C=O) groups excluding carboxylic acids is 2. The zero-order chi connectivity index (χ0) is 18.4. The van der Waals surface area contributed by atoms with Crippen molar-refractivity contribution >= 4 is 40.8 Å². The smallest absolute Gasteiger partial charge is 0.254 e. The molecule has 0 fully saturated rings. The van der Waals surface area contributed by atoms with Crippen molar-refractivity contribution in [1.82, 2.24) is 10.1 Å². The van der Waals surface area contributed by atoms with Crippen LogP contribution in [0.4, 0.5) is 5.82 Å². The first kappa shape index (κ1) is 19.3. The van der Waals surface area contributed by atoms with Gasteiger partial charge in [0.1, 0.15) is 12.3 Å². The zero-order valence-electron chi connectivity index (χ0n) is 14.0. The molecule has 1 aromatic heterocycles. The molecule has 1 heterocycles. The summed E-state index contributed by atoms with van der Waals surface area (Å²) in [5.41, 5.74) is 0.385. The molecule has 8 heteroatoms. The summed E-state index contributed by atoms with van der Waals surface area (Å²) in [5, 5.41) is 6.99. The largest absolute Gasteiger partial charge is 0.360 e. The Kier molecular flexibility index (Phi) is 6.84. The Labute approximate surface area is 156 Å². The molecule has 0 unspecified atom stereocenters. The van der Waals surface area contributed by atoms with Gasteiger partial charge in [0.05, 0.1) is 10.0 Å². The van der Waals surface area contributed by atoms with Crippen LogP contribution in [0.3, 0.4) is 0 Å². The summed E-state index contributed by atoms with van der Waals surface area (Å²) in [4.78, 5) is 26.4. The van der Waals surface area contributed by atoms with Crippen molar-refractivity contribution in [2.45, 2.75) is 26.7 Å². The van der Waals surface area contributed by atoms with Crippen LogP contribution < -0.4 is 5.32 Å². The molecule has 0 aliphatic carbocycles. The second kappa shape index (κ2) is 8.87. The molecule has 2 rings (SSSR count). The average molecular weight is 384 g/mol. The Morgan fingerprint density at radius 2 is 2.00 bits per heavy atom. The molecule has 134 valence electrons. The number of rotatable bonds is 7. The number of nitrogens with zero attached hydrogens (tertiary/aromatic N) is 2. The summed E-state index contributed by atoms with van der Waals surface area (Å²) in [6, 6.07) is 6.26. The molecule has 6 nitrogen and oxygen atoms in total. The Bertz CT molecular complexity index is 761. The fraction of sp³-hybridized carbons (Fsp3) is 0.353. The van der Waals surface area contributed by atoms with Crippen LogP contribution in [0.5, 0.6) is 0 Å². The van der Waals surface area contributed by atoms with Crippen LogP contribution in [0.25, 0.3) is 0 Å². The summed E-state index contributed by atoms with van der Waals surface area (Å²) in [6.45, 7) is 4.11. The molecule has 0 bridgehead atoms. The van der Waals surface area contributed by atoms with Gasteiger partial charge in [-0.1, -0.05) is 41.7 Å². The van der Waals surface area contributed by atoms with Crippen LogP contribution >= 0.6 is 23.2 Å². The summed E-state index contributed by atoms with van der Waals surface area (Å²) < 4.78 is 4.90. The molecule has 0 radical (unpaired) electrons. The minimum Gasteiger partial charge on any atom is -0.360 e. The van der Waals surface area contributed by atoms with Gasteiger partial charge in [-0.25, -0.2) is 0 Å². The summed E-state index contributed by atoms with van der Waals surface area (Å²) in [7, 11) is 0. The number of halogens is 2. The van der Waals surface area contributed by atoms with E-state index in [4.69, 9.17) is 27.7 Å². The van der Waals surface area contributed by atoms with Crippen LogP contribution in [-0.2, 0) is 4.79 Å². The van der Waals surface area contributed by atoms with Gasteiger partial charge in [0.15, 0.2) is 5.82 Å². The fourth-order valence-corrected chi connectivity index (χ4v) is 2.49. The van der Waals surface area contributed by atoms with Crippen molar-refractivity contribution < 1.29 is 14.1 Å². The summed E-state index contributed by atoms with van der Waals surface area (Å²) in [6.07, 6.45) is 1.68. The Morgan fingerprint density at radius 1 is 1.24 bits per heavy atom. The molecule has 0 spiro atoms. The maximum Gasteiger partial charge on any atom is 0.254 e. The maximum absolute atomic E-state index is 12.7. The van der Waals surface area contributed by atoms with E-state index in [0.717, 1.165) is 12.8 Å². The number of benzene rings is 1. The van der Waals surface area contributed by atoms with Gasteiger partial charge in [-0.15, -0.1) is 0 Å². The van der Waals surface area contributed by atoms with Crippen molar-refractivity contribution in [3.8, 4) is 0 Å². The molecule has 1 aromatic carbocycles. The highest BCUT2D eigenvalue weighted by Gasteiger charge is 2.20. The summed E-state index contributed by atoms with van der Waals surface area (Å²) >= 11 is 11.9. The molecule has 0 saturated carbocycles. The van der Waals surface area contributed by atoms with Crippen LogP contribution in [0.2, 0.25) is 10.0 Å². The lowest BCUT2D eigenvalue weighted by Gasteiger charge is -2.22. The van der Waals surface area contributed by atoms with Gasteiger partial charge in [-0.2, -0.15) is 0 Å². The van der Waals surface area contributed by atoms with E-state index >= 15 is 0 Å². The molecule has 0 aliphatic heterocycles. The van der Waals surface area contributed by atoms with E-state index in [2.05, 4.69) is 10.5 Å². The van der Waals surface area contributed by atoms with E-state index in [1.807, 2.05) is 6.92 Å². The first-order chi connectivity index (χ1) is 11.9. The third kappa shape index (κ3) is 5.47. The van der Waals surface area contributed by atoms with Crippen molar-refractivity contribution in [1.29, 1.82) is 0 Å². The molecule has 0 atom stereocenters. The molecule has 2 aromatic rings. The second-order valence-electron chi connectivity index (χ2n) is 5.58.